The fourth-order valence-corrected chi connectivity index (χ4v) is 2.94. The van der Waals surface area contributed by atoms with Crippen LogP contribution in [0.25, 0.3) is 11.1 Å². The standard InChI is InChI=1S/C22H23F3N6O2.C3H7N.C2H6/c1-21(2,3)33-20(32)28-12-17(26)18-16(13-10-29-30-11-13)8-9-27-19(18)31-15-6-4-14(5-7-15)22(23,24)25;1-3-4-2;1-2/h4-11,26H,12H2,1-3H3,(H,27,31)(H,28,32)(H,29,30);3-4H,1H2,2H3;1-2H3. The van der Waals surface area contributed by atoms with Crippen molar-refractivity contribution in [2.75, 3.05) is 18.9 Å². The third-order valence-corrected chi connectivity index (χ3v) is 4.55. The minimum Gasteiger partial charge on any atom is -0.444 e. The molecule has 0 atom stereocenters. The van der Waals surface area contributed by atoms with Gasteiger partial charge in [0.05, 0.1) is 24.0 Å². The highest BCUT2D eigenvalue weighted by atomic mass is 19.4. The van der Waals surface area contributed by atoms with Gasteiger partial charge in [0, 0.05) is 36.3 Å². The lowest BCUT2D eigenvalue weighted by Gasteiger charge is -2.20. The van der Waals surface area contributed by atoms with Gasteiger partial charge in [-0.2, -0.15) is 18.3 Å². The third kappa shape index (κ3) is 10.9. The van der Waals surface area contributed by atoms with Crippen LogP contribution in [0.2, 0.25) is 0 Å². The van der Waals surface area contributed by atoms with Crippen molar-refractivity contribution in [3.8, 4) is 11.1 Å². The molecular formula is C27H36F3N7O2. The van der Waals surface area contributed by atoms with E-state index in [2.05, 4.69) is 37.7 Å². The van der Waals surface area contributed by atoms with Crippen LogP contribution in [-0.2, 0) is 10.9 Å². The maximum atomic E-state index is 12.9. The zero-order chi connectivity index (χ0) is 29.6. The number of benzene rings is 1. The summed E-state index contributed by atoms with van der Waals surface area (Å²) in [4.78, 5) is 16.3. The molecule has 2 heterocycles. The molecule has 0 unspecified atom stereocenters. The second-order valence-electron chi connectivity index (χ2n) is 8.60. The van der Waals surface area contributed by atoms with Crippen molar-refractivity contribution in [3.63, 3.8) is 0 Å². The van der Waals surface area contributed by atoms with Gasteiger partial charge in [-0.3, -0.25) is 5.10 Å². The van der Waals surface area contributed by atoms with Crippen LogP contribution in [0.5, 0.6) is 0 Å². The number of hydrogen-bond acceptors (Lipinski definition) is 7. The number of halogens is 3. The van der Waals surface area contributed by atoms with Gasteiger partial charge < -0.3 is 26.1 Å². The molecule has 0 fully saturated rings. The van der Waals surface area contributed by atoms with E-state index in [-0.39, 0.29) is 18.1 Å². The lowest BCUT2D eigenvalue weighted by Crippen LogP contribution is -2.35. The maximum absolute atomic E-state index is 12.9. The summed E-state index contributed by atoms with van der Waals surface area (Å²) in [5.41, 5.74) is 0.526. The highest BCUT2D eigenvalue weighted by Gasteiger charge is 2.30. The second kappa shape index (κ2) is 15.2. The van der Waals surface area contributed by atoms with Gasteiger partial charge in [0.25, 0.3) is 0 Å². The van der Waals surface area contributed by atoms with Crippen molar-refractivity contribution in [2.24, 2.45) is 0 Å². The molecule has 39 heavy (non-hydrogen) atoms. The molecule has 1 aromatic carbocycles. The van der Waals surface area contributed by atoms with Crippen LogP contribution >= 0.6 is 0 Å². The van der Waals surface area contributed by atoms with Crippen LogP contribution in [-0.4, -0.2) is 46.2 Å². The number of hydrogen-bond donors (Lipinski definition) is 5. The van der Waals surface area contributed by atoms with Gasteiger partial charge in [0.15, 0.2) is 0 Å². The van der Waals surface area contributed by atoms with E-state index in [4.69, 9.17) is 10.1 Å². The lowest BCUT2D eigenvalue weighted by molar-refractivity contribution is -0.137. The van der Waals surface area contributed by atoms with E-state index < -0.39 is 23.4 Å². The van der Waals surface area contributed by atoms with Gasteiger partial charge >= 0.3 is 12.3 Å². The SMILES string of the molecule is C=CNC.CC.CC(C)(C)OC(=O)NCC(=N)c1c(-c2cn[nH]c2)ccnc1Nc1ccc(C(F)(F)F)cc1. The Morgan fingerprint density at radius 3 is 2.26 bits per heavy atom. The topological polar surface area (TPSA) is 128 Å². The van der Waals surface area contributed by atoms with Crippen molar-refractivity contribution in [2.45, 2.75) is 46.4 Å². The molecule has 212 valence electrons. The Kier molecular flexibility index (Phi) is 12.7. The molecule has 3 rings (SSSR count). The first-order chi connectivity index (χ1) is 18.4. The Labute approximate surface area is 226 Å². The Morgan fingerprint density at radius 1 is 1.15 bits per heavy atom. The molecule has 0 aliphatic carbocycles. The Hall–Kier alpha value is -4.35. The molecule has 1 amide bonds. The van der Waals surface area contributed by atoms with Gasteiger partial charge in [-0.25, -0.2) is 9.78 Å². The smallest absolute Gasteiger partial charge is 0.416 e. The first-order valence-electron chi connectivity index (χ1n) is 12.1. The zero-order valence-electron chi connectivity index (χ0n) is 23.0. The molecule has 3 aromatic rings. The summed E-state index contributed by atoms with van der Waals surface area (Å²) in [6, 6.07) is 6.15. The van der Waals surface area contributed by atoms with Gasteiger partial charge in [0.2, 0.25) is 0 Å². The first-order valence-corrected chi connectivity index (χ1v) is 12.1. The van der Waals surface area contributed by atoms with Gasteiger partial charge in [-0.1, -0.05) is 20.4 Å². The Balaban J connectivity index is 0.00000116. The highest BCUT2D eigenvalue weighted by molar-refractivity contribution is 6.10. The van der Waals surface area contributed by atoms with Crippen LogP contribution in [0.4, 0.5) is 29.5 Å². The van der Waals surface area contributed by atoms with E-state index in [0.717, 1.165) is 12.1 Å². The molecule has 0 aliphatic rings. The maximum Gasteiger partial charge on any atom is 0.416 e. The number of rotatable bonds is 7. The molecule has 2 aromatic heterocycles. The van der Waals surface area contributed by atoms with E-state index >= 15 is 0 Å². The number of nitrogens with zero attached hydrogens (tertiary/aromatic N) is 2. The van der Waals surface area contributed by atoms with Crippen LogP contribution in [0.3, 0.4) is 0 Å². The minimum absolute atomic E-state index is 0.0135. The summed E-state index contributed by atoms with van der Waals surface area (Å²) in [5, 5.41) is 23.4. The quantitative estimate of drug-likeness (QED) is 0.215. The van der Waals surface area contributed by atoms with E-state index in [1.807, 2.05) is 20.9 Å². The number of H-pyrrole nitrogens is 1. The fourth-order valence-electron chi connectivity index (χ4n) is 2.94. The number of nitrogens with one attached hydrogen (secondary N) is 5. The first kappa shape index (κ1) is 32.7. The van der Waals surface area contributed by atoms with E-state index in [1.165, 1.54) is 18.3 Å². The number of alkyl halides is 3. The van der Waals surface area contributed by atoms with E-state index in [1.54, 1.807) is 45.4 Å². The molecule has 9 nitrogen and oxygen atoms in total. The molecule has 0 saturated heterocycles. The number of carbonyl (C=O) groups is 1. The number of aromatic amines is 1. The van der Waals surface area contributed by atoms with Crippen LogP contribution in [0, 0.1) is 5.41 Å². The van der Waals surface area contributed by atoms with Gasteiger partial charge in [-0.15, -0.1) is 0 Å². The minimum atomic E-state index is -4.45. The largest absolute Gasteiger partial charge is 0.444 e. The average Bonchev–Trinajstić information content (AvgIpc) is 3.42. The molecule has 0 saturated carbocycles. The average molecular weight is 548 g/mol. The summed E-state index contributed by atoms with van der Waals surface area (Å²) >= 11 is 0. The van der Waals surface area contributed by atoms with Crippen molar-refractivity contribution >= 4 is 23.3 Å². The van der Waals surface area contributed by atoms with Crippen molar-refractivity contribution in [1.29, 1.82) is 5.41 Å². The van der Waals surface area contributed by atoms with Gasteiger partial charge in [0.1, 0.15) is 11.4 Å². The molecule has 5 N–H and O–H groups in total. The third-order valence-electron chi connectivity index (χ3n) is 4.55. The Morgan fingerprint density at radius 2 is 1.77 bits per heavy atom. The van der Waals surface area contributed by atoms with Crippen LogP contribution < -0.4 is 16.0 Å². The fraction of sp³-hybridized carbons (Fsp3) is 0.333. The van der Waals surface area contributed by atoms with Gasteiger partial charge in [-0.05, 0) is 62.9 Å². The molecule has 0 spiro atoms. The van der Waals surface area contributed by atoms with E-state index in [9.17, 15) is 18.0 Å². The highest BCUT2D eigenvalue weighted by Crippen LogP contribution is 2.32. The van der Waals surface area contributed by atoms with Crippen LogP contribution in [0.15, 0.2) is 61.7 Å². The molecule has 12 heteroatoms. The van der Waals surface area contributed by atoms with Crippen molar-refractivity contribution in [3.05, 3.63) is 72.8 Å². The number of amides is 1. The number of alkyl carbamates (subject to hydrolysis) is 1. The monoisotopic (exact) mass is 547 g/mol. The number of pyridine rings is 1. The predicted octanol–water partition coefficient (Wildman–Crippen LogP) is 6.50. The molecule has 0 bridgehead atoms. The molecule has 0 aliphatic heterocycles. The summed E-state index contributed by atoms with van der Waals surface area (Å²) in [7, 11) is 1.81. The van der Waals surface area contributed by atoms with E-state index in [0.29, 0.717) is 22.4 Å². The summed E-state index contributed by atoms with van der Waals surface area (Å²) in [5.74, 6) is 0.240. The number of anilines is 2. The number of ether oxygens (including phenoxy) is 1. The molecular weight excluding hydrogens is 511 g/mol. The van der Waals surface area contributed by atoms with Crippen molar-refractivity contribution in [1.82, 2.24) is 25.8 Å². The Bertz CT molecular complexity index is 1190. The summed E-state index contributed by atoms with van der Waals surface area (Å²) in [6.45, 7) is 12.4. The zero-order valence-corrected chi connectivity index (χ0v) is 23.0. The number of aromatic nitrogens is 3. The van der Waals surface area contributed by atoms with Crippen LogP contribution in [0.1, 0.15) is 45.7 Å². The normalized spacial score (nSPS) is 10.6. The van der Waals surface area contributed by atoms with Crippen molar-refractivity contribution < 1.29 is 22.7 Å². The number of carbonyl (C=O) groups excluding carboxylic acids is 1. The predicted molar refractivity (Wildman–Crippen MR) is 148 cm³/mol. The molecule has 0 radical (unpaired) electrons. The summed E-state index contributed by atoms with van der Waals surface area (Å²) < 4.78 is 43.8. The summed E-state index contributed by atoms with van der Waals surface area (Å²) in [6.07, 6.45) is 1.20. The second-order valence-corrected chi connectivity index (χ2v) is 8.60. The lowest BCUT2D eigenvalue weighted by atomic mass is 9.99.